The molecule has 0 aliphatic carbocycles. The first-order valence-corrected chi connectivity index (χ1v) is 9.50. The molecule has 8 heteroatoms. The normalized spacial score (nSPS) is 10.7. The maximum Gasteiger partial charge on any atom is 0.311 e. The van der Waals surface area contributed by atoms with Gasteiger partial charge in [0.25, 0.3) is 0 Å². The summed E-state index contributed by atoms with van der Waals surface area (Å²) < 4.78 is 12.3. The summed E-state index contributed by atoms with van der Waals surface area (Å²) in [5.74, 6) is 0.319. The molecule has 2 aromatic heterocycles. The molecular formula is C19H21N3O4S. The van der Waals surface area contributed by atoms with Gasteiger partial charge in [0.05, 0.1) is 31.3 Å². The van der Waals surface area contributed by atoms with Gasteiger partial charge in [-0.1, -0.05) is 12.1 Å². The van der Waals surface area contributed by atoms with Crippen LogP contribution in [-0.2, 0) is 27.3 Å². The fourth-order valence-corrected chi connectivity index (χ4v) is 3.51. The van der Waals surface area contributed by atoms with Crippen molar-refractivity contribution >= 4 is 39.2 Å². The third kappa shape index (κ3) is 4.65. The first-order valence-electron chi connectivity index (χ1n) is 8.62. The van der Waals surface area contributed by atoms with E-state index in [1.54, 1.807) is 19.4 Å². The van der Waals surface area contributed by atoms with E-state index in [1.165, 1.54) is 11.3 Å². The van der Waals surface area contributed by atoms with Crippen molar-refractivity contribution in [2.24, 2.45) is 0 Å². The molecule has 0 spiro atoms. The molecule has 1 aromatic carbocycles. The number of hydrogen-bond donors (Lipinski definition) is 1. The van der Waals surface area contributed by atoms with Crippen LogP contribution in [0, 0.1) is 0 Å². The second-order valence-corrected chi connectivity index (χ2v) is 6.69. The van der Waals surface area contributed by atoms with E-state index in [1.807, 2.05) is 35.0 Å². The summed E-state index contributed by atoms with van der Waals surface area (Å²) in [7, 11) is 1.63. The fourth-order valence-electron chi connectivity index (χ4n) is 2.79. The minimum Gasteiger partial charge on any atom is -0.495 e. The zero-order valence-corrected chi connectivity index (χ0v) is 16.0. The van der Waals surface area contributed by atoms with Crippen molar-refractivity contribution in [1.29, 1.82) is 0 Å². The lowest BCUT2D eigenvalue weighted by molar-refractivity contribution is -0.142. The zero-order chi connectivity index (χ0) is 19.2. The summed E-state index contributed by atoms with van der Waals surface area (Å²) >= 11 is 1.29. The van der Waals surface area contributed by atoms with E-state index in [9.17, 15) is 9.59 Å². The first-order chi connectivity index (χ1) is 13.1. The van der Waals surface area contributed by atoms with Gasteiger partial charge < -0.3 is 19.4 Å². The Morgan fingerprint density at radius 2 is 2.15 bits per heavy atom. The Kier molecular flexibility index (Phi) is 6.08. The number of aromatic nitrogens is 2. The second-order valence-electron chi connectivity index (χ2n) is 5.83. The largest absolute Gasteiger partial charge is 0.495 e. The van der Waals surface area contributed by atoms with Gasteiger partial charge in [-0.3, -0.25) is 9.59 Å². The predicted octanol–water partition coefficient (Wildman–Crippen LogP) is 3.24. The van der Waals surface area contributed by atoms with Crippen molar-refractivity contribution in [3.63, 3.8) is 0 Å². The number of nitrogens with zero attached hydrogens (tertiary/aromatic N) is 2. The molecule has 1 N–H and O–H groups in total. The van der Waals surface area contributed by atoms with E-state index < -0.39 is 0 Å². The minimum atomic E-state index is -0.325. The predicted molar refractivity (Wildman–Crippen MR) is 104 cm³/mol. The Morgan fingerprint density at radius 3 is 2.93 bits per heavy atom. The quantitative estimate of drug-likeness (QED) is 0.600. The van der Waals surface area contributed by atoms with Crippen molar-refractivity contribution in [3.05, 3.63) is 41.5 Å². The number of aryl methyl sites for hydroxylation is 1. The molecule has 0 saturated carbocycles. The zero-order valence-electron chi connectivity index (χ0n) is 15.2. The molecule has 27 heavy (non-hydrogen) atoms. The summed E-state index contributed by atoms with van der Waals surface area (Å²) in [4.78, 5) is 28.0. The molecular weight excluding hydrogens is 366 g/mol. The molecule has 0 bridgehead atoms. The number of carbonyl (C=O) groups excluding carboxylic acids is 2. The number of ether oxygens (including phenoxy) is 2. The van der Waals surface area contributed by atoms with Gasteiger partial charge in [-0.15, -0.1) is 11.3 Å². The van der Waals surface area contributed by atoms with E-state index in [0.29, 0.717) is 30.4 Å². The molecule has 0 aliphatic rings. The van der Waals surface area contributed by atoms with Crippen molar-refractivity contribution in [3.8, 4) is 5.75 Å². The topological polar surface area (TPSA) is 82.5 Å². The monoisotopic (exact) mass is 387 g/mol. The Bertz CT molecular complexity index is 947. The van der Waals surface area contributed by atoms with Gasteiger partial charge in [0.15, 0.2) is 5.13 Å². The number of benzene rings is 1. The fraction of sp³-hybridized carbons (Fsp3) is 0.316. The van der Waals surface area contributed by atoms with Crippen molar-refractivity contribution < 1.29 is 19.1 Å². The molecule has 0 saturated heterocycles. The lowest BCUT2D eigenvalue weighted by Crippen LogP contribution is -2.14. The average molecular weight is 387 g/mol. The van der Waals surface area contributed by atoms with Gasteiger partial charge in [0.1, 0.15) is 5.75 Å². The van der Waals surface area contributed by atoms with Crippen LogP contribution in [0.25, 0.3) is 10.9 Å². The van der Waals surface area contributed by atoms with Gasteiger partial charge in [-0.25, -0.2) is 4.98 Å². The van der Waals surface area contributed by atoms with Gasteiger partial charge in [-0.05, 0) is 19.1 Å². The van der Waals surface area contributed by atoms with Gasteiger partial charge in [-0.2, -0.15) is 0 Å². The number of methoxy groups -OCH3 is 1. The number of carbonyl (C=O) groups is 2. The van der Waals surface area contributed by atoms with E-state index in [-0.39, 0.29) is 18.3 Å². The number of rotatable bonds is 8. The maximum atomic E-state index is 12.3. The molecule has 0 atom stereocenters. The molecule has 1 amide bonds. The van der Waals surface area contributed by atoms with E-state index >= 15 is 0 Å². The molecule has 0 aliphatic heterocycles. The number of nitrogens with one attached hydrogen (secondary N) is 1. The summed E-state index contributed by atoms with van der Waals surface area (Å²) in [6.45, 7) is 2.62. The number of anilines is 1. The van der Waals surface area contributed by atoms with Crippen LogP contribution in [0.3, 0.4) is 0 Å². The van der Waals surface area contributed by atoms with Crippen LogP contribution in [0.1, 0.15) is 19.0 Å². The standard InChI is InChI=1S/C19H21N3O4S/c1-3-26-17(24)11-14-12-27-19(20-14)21-16(23)8-10-22-9-7-13-5-4-6-15(25-2)18(13)22/h4-7,9,12H,3,8,10-11H2,1-2H3,(H,20,21,23). The highest BCUT2D eigenvalue weighted by Gasteiger charge is 2.12. The number of esters is 1. The SMILES string of the molecule is CCOC(=O)Cc1csc(NC(=O)CCn2ccc3cccc(OC)c32)n1. The summed E-state index contributed by atoms with van der Waals surface area (Å²) in [6, 6.07) is 7.85. The second kappa shape index (κ2) is 8.68. The smallest absolute Gasteiger partial charge is 0.311 e. The van der Waals surface area contributed by atoms with E-state index in [2.05, 4.69) is 10.3 Å². The Balaban J connectivity index is 1.58. The maximum absolute atomic E-state index is 12.3. The van der Waals surface area contributed by atoms with Crippen LogP contribution in [0.5, 0.6) is 5.75 Å². The van der Waals surface area contributed by atoms with Gasteiger partial charge in [0.2, 0.25) is 5.91 Å². The Hall–Kier alpha value is -2.87. The number of thiazole rings is 1. The lowest BCUT2D eigenvalue weighted by Gasteiger charge is -2.09. The van der Waals surface area contributed by atoms with E-state index in [4.69, 9.17) is 9.47 Å². The first kappa shape index (κ1) is 18.9. The number of hydrogen-bond acceptors (Lipinski definition) is 6. The van der Waals surface area contributed by atoms with Crippen LogP contribution in [0.2, 0.25) is 0 Å². The van der Waals surface area contributed by atoms with Gasteiger partial charge in [0, 0.05) is 29.9 Å². The van der Waals surface area contributed by atoms with Crippen LogP contribution in [0.4, 0.5) is 5.13 Å². The number of para-hydroxylation sites is 1. The van der Waals surface area contributed by atoms with Crippen LogP contribution in [-0.4, -0.2) is 35.1 Å². The molecule has 142 valence electrons. The third-order valence-corrected chi connectivity index (χ3v) is 4.79. The summed E-state index contributed by atoms with van der Waals surface area (Å²) in [5, 5.41) is 6.07. The summed E-state index contributed by atoms with van der Waals surface area (Å²) in [6.07, 6.45) is 2.35. The highest BCUT2D eigenvalue weighted by atomic mass is 32.1. The molecule has 0 unspecified atom stereocenters. The van der Waals surface area contributed by atoms with Gasteiger partial charge >= 0.3 is 5.97 Å². The summed E-state index contributed by atoms with van der Waals surface area (Å²) in [5.41, 5.74) is 1.56. The van der Waals surface area contributed by atoms with Crippen molar-refractivity contribution in [1.82, 2.24) is 9.55 Å². The third-order valence-electron chi connectivity index (χ3n) is 3.98. The number of amides is 1. The molecule has 0 radical (unpaired) electrons. The minimum absolute atomic E-state index is 0.107. The van der Waals surface area contributed by atoms with Crippen LogP contribution in [0.15, 0.2) is 35.8 Å². The molecule has 0 fully saturated rings. The Labute approximate surface area is 160 Å². The molecule has 2 heterocycles. The number of fused-ring (bicyclic) bond motifs is 1. The molecule has 3 rings (SSSR count). The average Bonchev–Trinajstić information content (AvgIpc) is 3.26. The molecule has 7 nitrogen and oxygen atoms in total. The highest BCUT2D eigenvalue weighted by molar-refractivity contribution is 7.13. The lowest BCUT2D eigenvalue weighted by atomic mass is 10.2. The molecule has 3 aromatic rings. The van der Waals surface area contributed by atoms with Crippen LogP contribution >= 0.6 is 11.3 Å². The highest BCUT2D eigenvalue weighted by Crippen LogP contribution is 2.26. The van der Waals surface area contributed by atoms with Crippen molar-refractivity contribution in [2.75, 3.05) is 19.0 Å². The Morgan fingerprint density at radius 1 is 1.30 bits per heavy atom. The van der Waals surface area contributed by atoms with Crippen LogP contribution < -0.4 is 10.1 Å². The van der Waals surface area contributed by atoms with Crippen molar-refractivity contribution in [2.45, 2.75) is 26.3 Å². The van der Waals surface area contributed by atoms with E-state index in [0.717, 1.165) is 16.7 Å².